The summed E-state index contributed by atoms with van der Waals surface area (Å²) in [5.41, 5.74) is 2.84. The molecule has 1 aromatic carbocycles. The van der Waals surface area contributed by atoms with Crippen molar-refractivity contribution in [2.45, 2.75) is 13.8 Å². The first kappa shape index (κ1) is 15.2. The van der Waals surface area contributed by atoms with Gasteiger partial charge in [-0.25, -0.2) is 0 Å². The Labute approximate surface area is 114 Å². The number of carbonyl (C=O) groups excluding carboxylic acids is 2. The maximum atomic E-state index is 11.9. The highest BCUT2D eigenvalue weighted by Crippen LogP contribution is 2.19. The number of anilines is 1. The summed E-state index contributed by atoms with van der Waals surface area (Å²) in [6.45, 7) is 4.17. The largest absolute Gasteiger partial charge is 0.335 e. The molecule has 5 nitrogen and oxygen atoms in total. The van der Waals surface area contributed by atoms with Crippen molar-refractivity contribution in [3.05, 3.63) is 29.3 Å². The summed E-state index contributed by atoms with van der Waals surface area (Å²) in [6, 6.07) is 5.83. The second kappa shape index (κ2) is 6.89. The number of likely N-dealkylation sites (N-methyl/N-ethyl adjacent to an activating group) is 2. The Bertz CT molecular complexity index is 452. The van der Waals surface area contributed by atoms with Crippen LogP contribution in [0.5, 0.6) is 0 Å². The lowest BCUT2D eigenvalue weighted by atomic mass is 10.1. The Hall–Kier alpha value is -1.88. The highest BCUT2D eigenvalue weighted by atomic mass is 16.2. The number of para-hydroxylation sites is 1. The summed E-state index contributed by atoms with van der Waals surface area (Å²) in [5.74, 6) is -0.302. The summed E-state index contributed by atoms with van der Waals surface area (Å²) in [7, 11) is 3.31. The van der Waals surface area contributed by atoms with Crippen molar-refractivity contribution >= 4 is 17.5 Å². The monoisotopic (exact) mass is 263 g/mol. The fraction of sp³-hybridized carbons (Fsp3) is 0.429. The number of hydrogen-bond acceptors (Lipinski definition) is 3. The highest BCUT2D eigenvalue weighted by molar-refractivity contribution is 5.95. The number of nitrogens with one attached hydrogen (secondary N) is 2. The smallest absolute Gasteiger partial charge is 0.243 e. The molecule has 0 fully saturated rings. The molecule has 0 unspecified atom stereocenters. The van der Waals surface area contributed by atoms with Crippen LogP contribution in [0, 0.1) is 13.8 Å². The molecular formula is C14H21N3O2. The van der Waals surface area contributed by atoms with Gasteiger partial charge in [-0.15, -0.1) is 0 Å². The highest BCUT2D eigenvalue weighted by Gasteiger charge is 2.13. The number of rotatable bonds is 5. The maximum absolute atomic E-state index is 11.9. The van der Waals surface area contributed by atoms with Crippen molar-refractivity contribution in [3.8, 4) is 0 Å². The molecule has 0 aromatic heterocycles. The average molecular weight is 263 g/mol. The third-order valence-electron chi connectivity index (χ3n) is 2.88. The van der Waals surface area contributed by atoms with Crippen LogP contribution >= 0.6 is 0 Å². The molecule has 19 heavy (non-hydrogen) atoms. The molecule has 0 aliphatic carbocycles. The second-order valence-electron chi connectivity index (χ2n) is 4.60. The van der Waals surface area contributed by atoms with Crippen LogP contribution < -0.4 is 10.6 Å². The standard InChI is InChI=1S/C14H21N3O2/c1-10-6-5-7-11(2)14(10)16-12(18)9-17(4)13(19)8-15-3/h5-7,15H,8-9H2,1-4H3,(H,16,18). The predicted molar refractivity (Wildman–Crippen MR) is 76.1 cm³/mol. The molecule has 0 aliphatic rings. The topological polar surface area (TPSA) is 61.4 Å². The summed E-state index contributed by atoms with van der Waals surface area (Å²) < 4.78 is 0. The van der Waals surface area contributed by atoms with Crippen LogP contribution in [0.2, 0.25) is 0 Å². The number of benzene rings is 1. The fourth-order valence-corrected chi connectivity index (χ4v) is 1.78. The molecule has 2 amide bonds. The van der Waals surface area contributed by atoms with Crippen molar-refractivity contribution in [1.82, 2.24) is 10.2 Å². The van der Waals surface area contributed by atoms with Crippen LogP contribution in [-0.4, -0.2) is 43.9 Å². The average Bonchev–Trinajstić information content (AvgIpc) is 2.34. The lowest BCUT2D eigenvalue weighted by Gasteiger charge is -2.18. The van der Waals surface area contributed by atoms with Gasteiger partial charge in [0.25, 0.3) is 0 Å². The Balaban J connectivity index is 2.63. The Morgan fingerprint density at radius 3 is 2.32 bits per heavy atom. The third kappa shape index (κ3) is 4.37. The van der Waals surface area contributed by atoms with Crippen molar-refractivity contribution in [2.24, 2.45) is 0 Å². The number of aryl methyl sites for hydroxylation is 2. The quantitative estimate of drug-likeness (QED) is 0.830. The van der Waals surface area contributed by atoms with Gasteiger partial charge in [-0.2, -0.15) is 0 Å². The van der Waals surface area contributed by atoms with Crippen molar-refractivity contribution in [3.63, 3.8) is 0 Å². The van der Waals surface area contributed by atoms with Crippen LogP contribution in [0.3, 0.4) is 0 Å². The van der Waals surface area contributed by atoms with Gasteiger partial charge in [-0.1, -0.05) is 18.2 Å². The molecule has 2 N–H and O–H groups in total. The van der Waals surface area contributed by atoms with E-state index in [1.807, 2.05) is 32.0 Å². The second-order valence-corrected chi connectivity index (χ2v) is 4.60. The SMILES string of the molecule is CNCC(=O)N(C)CC(=O)Nc1c(C)cccc1C. The van der Waals surface area contributed by atoms with Crippen LogP contribution in [0.15, 0.2) is 18.2 Å². The summed E-state index contributed by atoms with van der Waals surface area (Å²) >= 11 is 0. The van der Waals surface area contributed by atoms with Gasteiger partial charge in [0.05, 0.1) is 13.1 Å². The zero-order chi connectivity index (χ0) is 14.4. The Morgan fingerprint density at radius 2 is 1.79 bits per heavy atom. The van der Waals surface area contributed by atoms with E-state index in [0.29, 0.717) is 0 Å². The van der Waals surface area contributed by atoms with Crippen LogP contribution in [0.25, 0.3) is 0 Å². The van der Waals surface area contributed by atoms with Gasteiger partial charge in [0.2, 0.25) is 11.8 Å². The Kier molecular flexibility index (Phi) is 5.51. The van der Waals surface area contributed by atoms with E-state index in [9.17, 15) is 9.59 Å². The van der Waals surface area contributed by atoms with Gasteiger partial charge >= 0.3 is 0 Å². The maximum Gasteiger partial charge on any atom is 0.243 e. The zero-order valence-electron chi connectivity index (χ0n) is 11.9. The van der Waals surface area contributed by atoms with E-state index in [1.165, 1.54) is 4.90 Å². The molecule has 0 aliphatic heterocycles. The molecule has 0 bridgehead atoms. The lowest BCUT2D eigenvalue weighted by molar-refractivity contribution is -0.132. The number of amides is 2. The molecule has 0 saturated heterocycles. The van der Waals surface area contributed by atoms with E-state index < -0.39 is 0 Å². The molecular weight excluding hydrogens is 242 g/mol. The van der Waals surface area contributed by atoms with Crippen molar-refractivity contribution in [1.29, 1.82) is 0 Å². The van der Waals surface area contributed by atoms with Gasteiger partial charge in [0.1, 0.15) is 0 Å². The van der Waals surface area contributed by atoms with Crippen LogP contribution in [0.4, 0.5) is 5.69 Å². The zero-order valence-corrected chi connectivity index (χ0v) is 11.9. The molecule has 1 rings (SSSR count). The minimum absolute atomic E-state index is 0.0499. The number of nitrogens with zero attached hydrogens (tertiary/aromatic N) is 1. The first-order chi connectivity index (χ1) is 8.95. The van der Waals surface area contributed by atoms with E-state index in [-0.39, 0.29) is 24.9 Å². The summed E-state index contributed by atoms with van der Waals surface area (Å²) in [5, 5.41) is 5.62. The van der Waals surface area contributed by atoms with E-state index in [2.05, 4.69) is 10.6 Å². The summed E-state index contributed by atoms with van der Waals surface area (Å²) in [4.78, 5) is 24.9. The first-order valence-electron chi connectivity index (χ1n) is 6.20. The van der Waals surface area contributed by atoms with E-state index in [0.717, 1.165) is 16.8 Å². The molecule has 0 heterocycles. The van der Waals surface area contributed by atoms with Crippen molar-refractivity contribution < 1.29 is 9.59 Å². The number of hydrogen-bond donors (Lipinski definition) is 2. The van der Waals surface area contributed by atoms with Gasteiger partial charge in [-0.3, -0.25) is 9.59 Å². The molecule has 104 valence electrons. The van der Waals surface area contributed by atoms with Gasteiger partial charge in [0.15, 0.2) is 0 Å². The van der Waals surface area contributed by atoms with E-state index >= 15 is 0 Å². The Morgan fingerprint density at radius 1 is 1.21 bits per heavy atom. The minimum atomic E-state index is -0.190. The molecule has 0 radical (unpaired) electrons. The first-order valence-corrected chi connectivity index (χ1v) is 6.20. The van der Waals surface area contributed by atoms with Gasteiger partial charge < -0.3 is 15.5 Å². The fourth-order valence-electron chi connectivity index (χ4n) is 1.78. The summed E-state index contributed by atoms with van der Waals surface area (Å²) in [6.07, 6.45) is 0. The van der Waals surface area contributed by atoms with E-state index in [4.69, 9.17) is 0 Å². The number of carbonyl (C=O) groups is 2. The van der Waals surface area contributed by atoms with E-state index in [1.54, 1.807) is 14.1 Å². The molecule has 0 spiro atoms. The van der Waals surface area contributed by atoms with Gasteiger partial charge in [0, 0.05) is 12.7 Å². The molecule has 1 aromatic rings. The van der Waals surface area contributed by atoms with Gasteiger partial charge in [-0.05, 0) is 32.0 Å². The lowest BCUT2D eigenvalue weighted by Crippen LogP contribution is -2.39. The predicted octanol–water partition coefficient (Wildman–Crippen LogP) is 0.920. The van der Waals surface area contributed by atoms with Crippen LogP contribution in [-0.2, 0) is 9.59 Å². The minimum Gasteiger partial charge on any atom is -0.335 e. The molecule has 5 heteroatoms. The third-order valence-corrected chi connectivity index (χ3v) is 2.88. The normalized spacial score (nSPS) is 10.1. The van der Waals surface area contributed by atoms with Crippen LogP contribution in [0.1, 0.15) is 11.1 Å². The van der Waals surface area contributed by atoms with Crippen molar-refractivity contribution in [2.75, 3.05) is 32.5 Å². The molecule has 0 saturated carbocycles. The molecule has 0 atom stereocenters.